The maximum absolute atomic E-state index is 11.9. The van der Waals surface area contributed by atoms with Crippen LogP contribution in [0.1, 0.15) is 37.8 Å². The van der Waals surface area contributed by atoms with Gasteiger partial charge < -0.3 is 9.80 Å². The van der Waals surface area contributed by atoms with Crippen molar-refractivity contribution in [1.29, 1.82) is 0 Å². The van der Waals surface area contributed by atoms with E-state index in [1.807, 2.05) is 70.5 Å². The highest BCUT2D eigenvalue weighted by molar-refractivity contribution is 5.73. The fourth-order valence-corrected chi connectivity index (χ4v) is 2.91. The van der Waals surface area contributed by atoms with Crippen LogP contribution >= 0.6 is 0 Å². The Morgan fingerprint density at radius 2 is 1.00 bits per heavy atom. The third-order valence-corrected chi connectivity index (χ3v) is 4.43. The maximum Gasteiger partial charge on any atom is 0.219 e. The van der Waals surface area contributed by atoms with E-state index in [-0.39, 0.29) is 11.8 Å². The second-order valence-corrected chi connectivity index (χ2v) is 6.56. The third kappa shape index (κ3) is 6.71. The first-order chi connectivity index (χ1) is 12.6. The van der Waals surface area contributed by atoms with Crippen LogP contribution in [0.4, 0.5) is 0 Å². The summed E-state index contributed by atoms with van der Waals surface area (Å²) in [6, 6.07) is 20.0. The van der Waals surface area contributed by atoms with Gasteiger partial charge in [0.1, 0.15) is 0 Å². The van der Waals surface area contributed by atoms with Crippen LogP contribution in [0.25, 0.3) is 0 Å². The molecule has 0 heterocycles. The highest BCUT2D eigenvalue weighted by Crippen LogP contribution is 2.09. The monoisotopic (exact) mass is 352 g/mol. The number of nitrogens with zero attached hydrogens (tertiary/aromatic N) is 2. The van der Waals surface area contributed by atoms with Gasteiger partial charge in [-0.2, -0.15) is 0 Å². The van der Waals surface area contributed by atoms with Gasteiger partial charge in [0.2, 0.25) is 11.8 Å². The van der Waals surface area contributed by atoms with Crippen molar-refractivity contribution < 1.29 is 9.59 Å². The summed E-state index contributed by atoms with van der Waals surface area (Å²) in [5, 5.41) is 0. The van der Waals surface area contributed by atoms with Crippen LogP contribution in [0.15, 0.2) is 60.7 Å². The Bertz CT molecular complexity index is 624. The first kappa shape index (κ1) is 19.7. The number of unbranched alkanes of at least 4 members (excludes halogenated alkanes) is 1. The summed E-state index contributed by atoms with van der Waals surface area (Å²) < 4.78 is 0. The molecule has 0 saturated carbocycles. The lowest BCUT2D eigenvalue weighted by Crippen LogP contribution is -2.31. The molecule has 4 heteroatoms. The Kier molecular flexibility index (Phi) is 7.87. The van der Waals surface area contributed by atoms with Crippen molar-refractivity contribution in [2.45, 2.75) is 39.8 Å². The summed E-state index contributed by atoms with van der Waals surface area (Å²) in [5.41, 5.74) is 2.27. The van der Waals surface area contributed by atoms with Crippen molar-refractivity contribution in [2.24, 2.45) is 0 Å². The van der Waals surface area contributed by atoms with E-state index < -0.39 is 0 Å². The topological polar surface area (TPSA) is 40.6 Å². The lowest BCUT2D eigenvalue weighted by Gasteiger charge is -2.24. The van der Waals surface area contributed by atoms with E-state index in [0.29, 0.717) is 26.2 Å². The molecule has 2 rings (SSSR count). The summed E-state index contributed by atoms with van der Waals surface area (Å²) in [6.45, 7) is 5.91. The predicted molar refractivity (Wildman–Crippen MR) is 104 cm³/mol. The zero-order valence-electron chi connectivity index (χ0n) is 15.7. The van der Waals surface area contributed by atoms with Gasteiger partial charge in [0.25, 0.3) is 0 Å². The molecule has 0 aliphatic carbocycles. The van der Waals surface area contributed by atoms with Crippen LogP contribution in [-0.2, 0) is 22.7 Å². The SMILES string of the molecule is CC(=O)N(CCCCN(Cc1ccccc1)C(C)=O)Cc1ccccc1. The van der Waals surface area contributed by atoms with Gasteiger partial charge in [0, 0.05) is 40.0 Å². The summed E-state index contributed by atoms with van der Waals surface area (Å²) in [7, 11) is 0. The van der Waals surface area contributed by atoms with Crippen molar-refractivity contribution in [3.63, 3.8) is 0 Å². The van der Waals surface area contributed by atoms with Crippen LogP contribution in [0.5, 0.6) is 0 Å². The molecule has 0 fully saturated rings. The molecule has 138 valence electrons. The minimum atomic E-state index is 0.0848. The van der Waals surface area contributed by atoms with Crippen LogP contribution in [0.3, 0.4) is 0 Å². The molecular weight excluding hydrogens is 324 g/mol. The van der Waals surface area contributed by atoms with Gasteiger partial charge in [-0.1, -0.05) is 60.7 Å². The van der Waals surface area contributed by atoms with E-state index in [4.69, 9.17) is 0 Å². The van der Waals surface area contributed by atoms with Crippen molar-refractivity contribution in [3.8, 4) is 0 Å². The zero-order valence-corrected chi connectivity index (χ0v) is 15.7. The van der Waals surface area contributed by atoms with Gasteiger partial charge in [0.15, 0.2) is 0 Å². The molecule has 26 heavy (non-hydrogen) atoms. The second kappa shape index (κ2) is 10.4. The third-order valence-electron chi connectivity index (χ3n) is 4.43. The van der Waals surface area contributed by atoms with Crippen molar-refractivity contribution in [2.75, 3.05) is 13.1 Å². The average molecular weight is 352 g/mol. The maximum atomic E-state index is 11.9. The molecule has 2 aromatic rings. The normalized spacial score (nSPS) is 10.4. The van der Waals surface area contributed by atoms with Crippen molar-refractivity contribution >= 4 is 11.8 Å². The molecule has 0 bridgehead atoms. The smallest absolute Gasteiger partial charge is 0.219 e. The summed E-state index contributed by atoms with van der Waals surface area (Å²) in [4.78, 5) is 27.5. The summed E-state index contributed by atoms with van der Waals surface area (Å²) >= 11 is 0. The summed E-state index contributed by atoms with van der Waals surface area (Å²) in [6.07, 6.45) is 1.76. The van der Waals surface area contributed by atoms with E-state index in [1.165, 1.54) is 0 Å². The van der Waals surface area contributed by atoms with Crippen LogP contribution < -0.4 is 0 Å². The fraction of sp³-hybridized carbons (Fsp3) is 0.364. The average Bonchev–Trinajstić information content (AvgIpc) is 2.64. The largest absolute Gasteiger partial charge is 0.339 e. The van der Waals surface area contributed by atoms with Gasteiger partial charge in [-0.25, -0.2) is 0 Å². The molecule has 2 aromatic carbocycles. The Morgan fingerprint density at radius 1 is 0.654 bits per heavy atom. The Hall–Kier alpha value is -2.62. The molecule has 0 saturated heterocycles. The second-order valence-electron chi connectivity index (χ2n) is 6.56. The van der Waals surface area contributed by atoms with E-state index >= 15 is 0 Å². The predicted octanol–water partition coefficient (Wildman–Crippen LogP) is 3.86. The molecule has 0 unspecified atom stereocenters. The first-order valence-corrected chi connectivity index (χ1v) is 9.15. The fourth-order valence-electron chi connectivity index (χ4n) is 2.91. The minimum absolute atomic E-state index is 0.0848. The quantitative estimate of drug-likeness (QED) is 0.643. The van der Waals surface area contributed by atoms with Gasteiger partial charge >= 0.3 is 0 Å². The van der Waals surface area contributed by atoms with Crippen molar-refractivity contribution in [1.82, 2.24) is 9.80 Å². The number of hydrogen-bond donors (Lipinski definition) is 0. The Balaban J connectivity index is 1.80. The van der Waals surface area contributed by atoms with Crippen LogP contribution in [0, 0.1) is 0 Å². The van der Waals surface area contributed by atoms with Crippen LogP contribution in [0.2, 0.25) is 0 Å². The number of rotatable bonds is 9. The highest BCUT2D eigenvalue weighted by atomic mass is 16.2. The molecule has 2 amide bonds. The number of carbonyl (C=O) groups excluding carboxylic acids is 2. The lowest BCUT2D eigenvalue weighted by atomic mass is 10.2. The Labute approximate surface area is 156 Å². The zero-order chi connectivity index (χ0) is 18.8. The molecule has 0 aliphatic rings. The molecule has 4 nitrogen and oxygen atoms in total. The molecular formula is C22H28N2O2. The van der Waals surface area contributed by atoms with Gasteiger partial charge in [-0.3, -0.25) is 9.59 Å². The number of amides is 2. The molecule has 0 N–H and O–H groups in total. The van der Waals surface area contributed by atoms with E-state index in [2.05, 4.69) is 0 Å². The van der Waals surface area contributed by atoms with Gasteiger partial charge in [-0.05, 0) is 24.0 Å². The first-order valence-electron chi connectivity index (χ1n) is 9.15. The van der Waals surface area contributed by atoms with Gasteiger partial charge in [-0.15, -0.1) is 0 Å². The number of carbonyl (C=O) groups is 2. The molecule has 0 spiro atoms. The summed E-state index contributed by atoms with van der Waals surface area (Å²) in [5.74, 6) is 0.170. The van der Waals surface area contributed by atoms with Crippen molar-refractivity contribution in [3.05, 3.63) is 71.8 Å². The standard InChI is InChI=1S/C22H28N2O2/c1-19(25)23(17-21-11-5-3-6-12-21)15-9-10-16-24(20(2)26)18-22-13-7-4-8-14-22/h3-8,11-14H,9-10,15-18H2,1-2H3. The van der Waals surface area contributed by atoms with Gasteiger partial charge in [0.05, 0.1) is 0 Å². The minimum Gasteiger partial charge on any atom is -0.339 e. The number of hydrogen-bond acceptors (Lipinski definition) is 2. The van der Waals surface area contributed by atoms with E-state index in [9.17, 15) is 9.59 Å². The van der Waals surface area contributed by atoms with Crippen LogP contribution in [-0.4, -0.2) is 34.7 Å². The lowest BCUT2D eigenvalue weighted by molar-refractivity contribution is -0.131. The Morgan fingerprint density at radius 3 is 1.31 bits per heavy atom. The van der Waals surface area contributed by atoms with E-state index in [1.54, 1.807) is 13.8 Å². The molecule has 0 aromatic heterocycles. The molecule has 0 radical (unpaired) electrons. The highest BCUT2D eigenvalue weighted by Gasteiger charge is 2.11. The van der Waals surface area contributed by atoms with E-state index in [0.717, 1.165) is 24.0 Å². The molecule has 0 atom stereocenters. The number of benzene rings is 2. The molecule has 0 aliphatic heterocycles.